The Kier molecular flexibility index (Phi) is 10.7. The predicted octanol–water partition coefficient (Wildman–Crippen LogP) is 5.42. The van der Waals surface area contributed by atoms with Gasteiger partial charge in [-0.2, -0.15) is 10.2 Å². The highest BCUT2D eigenvalue weighted by Crippen LogP contribution is 2.20. The second kappa shape index (κ2) is 15.1. The van der Waals surface area contributed by atoms with E-state index in [2.05, 4.69) is 21.1 Å². The van der Waals surface area contributed by atoms with Crippen LogP contribution in [0.25, 0.3) is 0 Å². The van der Waals surface area contributed by atoms with Gasteiger partial charge in [-0.05, 0) is 72.8 Å². The molecule has 0 aliphatic heterocycles. The summed E-state index contributed by atoms with van der Waals surface area (Å²) in [6, 6.07) is 25.6. The first-order valence-electron chi connectivity index (χ1n) is 12.6. The summed E-state index contributed by atoms with van der Waals surface area (Å²) in [5, 5.41) is 8.64. The van der Waals surface area contributed by atoms with Crippen molar-refractivity contribution in [1.82, 2.24) is 10.9 Å². The van der Waals surface area contributed by atoms with Gasteiger partial charge in [0.1, 0.15) is 17.9 Å². The highest BCUT2D eigenvalue weighted by molar-refractivity contribution is 6.31. The maximum absolute atomic E-state index is 12.4. The van der Waals surface area contributed by atoms with E-state index in [1.165, 1.54) is 36.7 Å². The number of esters is 2. The number of halogens is 2. The normalized spacial score (nSPS) is 10.8. The molecule has 0 fully saturated rings. The Morgan fingerprint density at radius 1 is 0.581 bits per heavy atom. The number of para-hydroxylation sites is 2. The van der Waals surface area contributed by atoms with E-state index in [1.54, 1.807) is 72.8 Å². The highest BCUT2D eigenvalue weighted by atomic mass is 35.5. The number of benzene rings is 4. The molecule has 0 saturated heterocycles. The van der Waals surface area contributed by atoms with Crippen molar-refractivity contribution in [3.8, 4) is 11.5 Å². The van der Waals surface area contributed by atoms with Crippen molar-refractivity contribution in [3.05, 3.63) is 129 Å². The fraction of sp³-hybridized carbons (Fsp3) is 0.0323. The lowest BCUT2D eigenvalue weighted by Crippen LogP contribution is -2.27. The second-order valence-corrected chi connectivity index (χ2v) is 9.50. The molecule has 216 valence electrons. The van der Waals surface area contributed by atoms with Gasteiger partial charge in [-0.1, -0.05) is 47.5 Å². The topological polar surface area (TPSA) is 136 Å². The second-order valence-electron chi connectivity index (χ2n) is 8.63. The van der Waals surface area contributed by atoms with Crippen molar-refractivity contribution in [2.24, 2.45) is 10.2 Å². The van der Waals surface area contributed by atoms with Crippen LogP contribution >= 0.6 is 23.2 Å². The van der Waals surface area contributed by atoms with E-state index in [0.717, 1.165) is 0 Å². The molecule has 2 amide bonds. The number of nitrogens with one attached hydrogen (secondary N) is 2. The van der Waals surface area contributed by atoms with Gasteiger partial charge in [0.15, 0.2) is 0 Å². The summed E-state index contributed by atoms with van der Waals surface area (Å²) >= 11 is 11.7. The van der Waals surface area contributed by atoms with Crippen molar-refractivity contribution < 1.29 is 28.7 Å². The summed E-state index contributed by atoms with van der Waals surface area (Å²) in [5.41, 5.74) is 5.91. The third kappa shape index (κ3) is 9.35. The van der Waals surface area contributed by atoms with E-state index in [4.69, 9.17) is 32.7 Å². The first kappa shape index (κ1) is 30.6. The van der Waals surface area contributed by atoms with Crippen LogP contribution in [0.5, 0.6) is 11.5 Å². The minimum Gasteiger partial charge on any atom is -0.422 e. The first-order chi connectivity index (χ1) is 20.8. The lowest BCUT2D eigenvalue weighted by molar-refractivity contribution is -0.129. The smallest absolute Gasteiger partial charge is 0.343 e. The van der Waals surface area contributed by atoms with Crippen LogP contribution in [0, 0.1) is 0 Å². The highest BCUT2D eigenvalue weighted by Gasteiger charge is 2.13. The molecule has 0 unspecified atom stereocenters. The molecule has 0 aliphatic rings. The molecule has 0 saturated carbocycles. The Morgan fingerprint density at radius 3 is 1.35 bits per heavy atom. The van der Waals surface area contributed by atoms with Crippen molar-refractivity contribution in [1.29, 1.82) is 0 Å². The molecule has 0 bridgehead atoms. The zero-order chi connectivity index (χ0) is 30.6. The third-order valence-corrected chi connectivity index (χ3v) is 6.01. The zero-order valence-electron chi connectivity index (χ0n) is 22.2. The summed E-state index contributed by atoms with van der Waals surface area (Å²) in [6.45, 7) is 0. The maximum Gasteiger partial charge on any atom is 0.343 e. The largest absolute Gasteiger partial charge is 0.422 e. The van der Waals surface area contributed by atoms with E-state index in [1.807, 2.05) is 0 Å². The summed E-state index contributed by atoms with van der Waals surface area (Å²) in [6.07, 6.45) is 1.98. The fourth-order valence-corrected chi connectivity index (χ4v) is 3.67. The Hall–Kier alpha value is -5.32. The lowest BCUT2D eigenvalue weighted by atomic mass is 10.2. The number of carbonyl (C=O) groups excluding carboxylic acids is 4. The van der Waals surface area contributed by atoms with Gasteiger partial charge in [-0.3, -0.25) is 9.59 Å². The molecule has 0 aromatic heterocycles. The molecule has 43 heavy (non-hydrogen) atoms. The minimum absolute atomic E-state index is 0.214. The van der Waals surface area contributed by atoms with Gasteiger partial charge >= 0.3 is 11.9 Å². The van der Waals surface area contributed by atoms with Gasteiger partial charge in [0.2, 0.25) is 11.8 Å². The summed E-state index contributed by atoms with van der Waals surface area (Å²) in [7, 11) is 0. The number of amides is 2. The predicted molar refractivity (Wildman–Crippen MR) is 162 cm³/mol. The number of hydrazone groups is 2. The van der Waals surface area contributed by atoms with Gasteiger partial charge in [0.05, 0.1) is 23.6 Å². The third-order valence-electron chi connectivity index (χ3n) is 5.51. The average molecular weight is 617 g/mol. The molecule has 2 N–H and O–H groups in total. The number of carbonyl (C=O) groups is 4. The van der Waals surface area contributed by atoms with E-state index in [9.17, 15) is 19.2 Å². The van der Waals surface area contributed by atoms with Crippen LogP contribution < -0.4 is 20.3 Å². The van der Waals surface area contributed by atoms with Crippen LogP contribution in [0.1, 0.15) is 38.3 Å². The molecule has 4 aromatic carbocycles. The van der Waals surface area contributed by atoms with Crippen molar-refractivity contribution in [2.75, 3.05) is 0 Å². The van der Waals surface area contributed by atoms with Crippen LogP contribution in [0.3, 0.4) is 0 Å². The molecule has 4 aromatic rings. The molecule has 0 atom stereocenters. The van der Waals surface area contributed by atoms with Gasteiger partial charge in [0, 0.05) is 21.2 Å². The summed E-state index contributed by atoms with van der Waals surface area (Å²) in [4.78, 5) is 49.2. The molecule has 4 rings (SSSR count). The minimum atomic E-state index is -0.711. The molecule has 10 nitrogen and oxygen atoms in total. The van der Waals surface area contributed by atoms with Crippen molar-refractivity contribution >= 4 is 59.4 Å². The standard InChI is InChI=1S/C31H22Cl2N4O6/c32-24-13-9-20(10-14-24)30(40)42-26-7-3-1-5-22(26)18-34-36-28(38)17-29(39)37-35-19-23-6-2-4-8-27(23)43-31(41)21-11-15-25(33)16-12-21/h1-16,18-19H,17H2,(H,36,38)(H,37,39)/b34-18-,35-19+. The van der Waals surface area contributed by atoms with E-state index >= 15 is 0 Å². The first-order valence-corrected chi connectivity index (χ1v) is 13.3. The monoisotopic (exact) mass is 616 g/mol. The quantitative estimate of drug-likeness (QED) is 0.0802. The maximum atomic E-state index is 12.4. The number of nitrogens with zero attached hydrogens (tertiary/aromatic N) is 2. The zero-order valence-corrected chi connectivity index (χ0v) is 23.7. The molecular weight excluding hydrogens is 595 g/mol. The van der Waals surface area contributed by atoms with Crippen molar-refractivity contribution in [2.45, 2.75) is 6.42 Å². The summed E-state index contributed by atoms with van der Waals surface area (Å²) in [5.74, 6) is -2.19. The molecule has 0 aliphatic carbocycles. The Labute approximate surface area is 255 Å². The van der Waals surface area contributed by atoms with Crippen LogP contribution in [0.4, 0.5) is 0 Å². The molecular formula is C31H22Cl2N4O6. The molecule has 12 heteroatoms. The van der Waals surface area contributed by atoms with Gasteiger partial charge < -0.3 is 9.47 Å². The Balaban J connectivity index is 1.27. The molecule has 0 radical (unpaired) electrons. The van der Waals surface area contributed by atoms with Crippen LogP contribution in [0.2, 0.25) is 10.0 Å². The number of hydrogen-bond acceptors (Lipinski definition) is 8. The van der Waals surface area contributed by atoms with Crippen LogP contribution in [0.15, 0.2) is 107 Å². The Morgan fingerprint density at radius 2 is 0.953 bits per heavy atom. The van der Waals surface area contributed by atoms with Gasteiger partial charge in [-0.15, -0.1) is 0 Å². The van der Waals surface area contributed by atoms with Gasteiger partial charge in [-0.25, -0.2) is 20.4 Å². The van der Waals surface area contributed by atoms with E-state index < -0.39 is 30.2 Å². The number of hydrogen-bond donors (Lipinski definition) is 2. The Bertz CT molecular complexity index is 1560. The van der Waals surface area contributed by atoms with E-state index in [0.29, 0.717) is 32.3 Å². The van der Waals surface area contributed by atoms with E-state index in [-0.39, 0.29) is 11.5 Å². The fourth-order valence-electron chi connectivity index (χ4n) is 3.42. The van der Waals surface area contributed by atoms with Crippen molar-refractivity contribution in [3.63, 3.8) is 0 Å². The van der Waals surface area contributed by atoms with Crippen LogP contribution in [-0.4, -0.2) is 36.2 Å². The molecule has 0 spiro atoms. The molecule has 0 heterocycles. The SMILES string of the molecule is O=C(CC(=O)N/N=C/c1ccccc1OC(=O)c1ccc(Cl)cc1)N/N=C\c1ccccc1OC(=O)c1ccc(Cl)cc1. The van der Waals surface area contributed by atoms with Gasteiger partial charge in [0.25, 0.3) is 0 Å². The summed E-state index contributed by atoms with van der Waals surface area (Å²) < 4.78 is 10.9. The lowest BCUT2D eigenvalue weighted by Gasteiger charge is -2.07. The average Bonchev–Trinajstić information content (AvgIpc) is 2.99. The number of rotatable bonds is 10. The number of ether oxygens (including phenoxy) is 2. The van der Waals surface area contributed by atoms with Crippen LogP contribution in [-0.2, 0) is 9.59 Å².